The monoisotopic (exact) mass is 377 g/mol. The Morgan fingerprint density at radius 1 is 1.21 bits per heavy atom. The number of methoxy groups -OCH3 is 1. The van der Waals surface area contributed by atoms with Crippen LogP contribution in [0.2, 0.25) is 0 Å². The van der Waals surface area contributed by atoms with Crippen molar-refractivity contribution in [1.29, 1.82) is 0 Å². The lowest BCUT2D eigenvalue weighted by Crippen LogP contribution is -2.20. The van der Waals surface area contributed by atoms with Gasteiger partial charge in [0.15, 0.2) is 11.3 Å². The molecular weight excluding hydrogens is 362 g/mol. The SMILES string of the molecule is COc1cccc2cc(C(=O)Nc3ccc(-n4cnnn4)c(C)c3)c(=O)oc12. The fraction of sp³-hybridized carbons (Fsp3) is 0.105. The van der Waals surface area contributed by atoms with Crippen LogP contribution < -0.4 is 15.7 Å². The Balaban J connectivity index is 1.64. The van der Waals surface area contributed by atoms with E-state index < -0.39 is 11.5 Å². The van der Waals surface area contributed by atoms with Crippen LogP contribution in [-0.2, 0) is 0 Å². The van der Waals surface area contributed by atoms with Crippen LogP contribution >= 0.6 is 0 Å². The smallest absolute Gasteiger partial charge is 0.349 e. The van der Waals surface area contributed by atoms with Gasteiger partial charge in [-0.05, 0) is 53.2 Å². The average molecular weight is 377 g/mol. The van der Waals surface area contributed by atoms with Gasteiger partial charge in [0.25, 0.3) is 5.91 Å². The Kier molecular flexibility index (Phi) is 4.32. The molecule has 0 radical (unpaired) electrons. The summed E-state index contributed by atoms with van der Waals surface area (Å²) in [6.07, 6.45) is 1.48. The molecule has 2 aromatic carbocycles. The van der Waals surface area contributed by atoms with Gasteiger partial charge in [0.1, 0.15) is 11.9 Å². The molecule has 0 aliphatic heterocycles. The number of amides is 1. The average Bonchev–Trinajstić information content (AvgIpc) is 3.21. The van der Waals surface area contributed by atoms with Crippen molar-refractivity contribution < 1.29 is 13.9 Å². The molecule has 0 fully saturated rings. The van der Waals surface area contributed by atoms with Crippen LogP contribution in [0.1, 0.15) is 15.9 Å². The molecule has 0 saturated carbocycles. The van der Waals surface area contributed by atoms with Gasteiger partial charge in [-0.1, -0.05) is 12.1 Å². The Morgan fingerprint density at radius 3 is 2.79 bits per heavy atom. The van der Waals surface area contributed by atoms with E-state index in [0.717, 1.165) is 11.3 Å². The largest absolute Gasteiger partial charge is 0.493 e. The van der Waals surface area contributed by atoms with Crippen molar-refractivity contribution in [2.24, 2.45) is 0 Å². The van der Waals surface area contributed by atoms with Gasteiger partial charge < -0.3 is 14.5 Å². The van der Waals surface area contributed by atoms with Gasteiger partial charge in [-0.2, -0.15) is 0 Å². The first kappa shape index (κ1) is 17.4. The highest BCUT2D eigenvalue weighted by molar-refractivity contribution is 6.05. The number of rotatable bonds is 4. The second kappa shape index (κ2) is 6.95. The second-order valence-corrected chi connectivity index (χ2v) is 6.04. The first-order valence-electron chi connectivity index (χ1n) is 8.33. The summed E-state index contributed by atoms with van der Waals surface area (Å²) in [5.74, 6) is -0.136. The quantitative estimate of drug-likeness (QED) is 0.543. The van der Waals surface area contributed by atoms with E-state index in [1.54, 1.807) is 36.4 Å². The molecule has 9 heteroatoms. The van der Waals surface area contributed by atoms with E-state index in [1.165, 1.54) is 24.2 Å². The van der Waals surface area contributed by atoms with Crippen LogP contribution in [0.15, 0.2) is 58.0 Å². The molecule has 1 N–H and O–H groups in total. The summed E-state index contributed by atoms with van der Waals surface area (Å²) in [5, 5.41) is 14.4. The number of para-hydroxylation sites is 1. The molecule has 0 spiro atoms. The van der Waals surface area contributed by atoms with Gasteiger partial charge in [-0.15, -0.1) is 5.10 Å². The molecule has 0 saturated heterocycles. The molecule has 4 aromatic rings. The maximum Gasteiger partial charge on any atom is 0.349 e. The third-order valence-corrected chi connectivity index (χ3v) is 4.24. The molecule has 4 rings (SSSR count). The van der Waals surface area contributed by atoms with Crippen LogP contribution in [0.25, 0.3) is 16.7 Å². The Morgan fingerprint density at radius 2 is 2.07 bits per heavy atom. The standard InChI is InChI=1S/C19H15N5O4/c1-11-8-13(6-7-15(11)24-10-20-22-23-24)21-18(25)14-9-12-4-3-5-16(27-2)17(12)28-19(14)26/h3-10H,1-2H3,(H,21,25). The first-order chi connectivity index (χ1) is 13.6. The molecule has 0 bridgehead atoms. The molecule has 28 heavy (non-hydrogen) atoms. The van der Waals surface area contributed by atoms with Gasteiger partial charge in [-0.3, -0.25) is 4.79 Å². The normalized spacial score (nSPS) is 10.8. The van der Waals surface area contributed by atoms with Crippen molar-refractivity contribution in [1.82, 2.24) is 20.2 Å². The molecule has 0 aliphatic carbocycles. The third-order valence-electron chi connectivity index (χ3n) is 4.24. The number of tetrazole rings is 1. The molecule has 9 nitrogen and oxygen atoms in total. The minimum absolute atomic E-state index is 0.0945. The lowest BCUT2D eigenvalue weighted by molar-refractivity contribution is 0.102. The Hall–Kier alpha value is -4.01. The number of nitrogens with one attached hydrogen (secondary N) is 1. The summed E-state index contributed by atoms with van der Waals surface area (Å²) in [6.45, 7) is 1.86. The summed E-state index contributed by atoms with van der Waals surface area (Å²) in [5.41, 5.74) is 1.62. The summed E-state index contributed by atoms with van der Waals surface area (Å²) >= 11 is 0. The zero-order valence-corrected chi connectivity index (χ0v) is 15.0. The number of aromatic nitrogens is 4. The molecular formula is C19H15N5O4. The number of aryl methyl sites for hydroxylation is 1. The number of carbonyl (C=O) groups is 1. The predicted octanol–water partition coefficient (Wildman–Crippen LogP) is 2.34. The van der Waals surface area contributed by atoms with Gasteiger partial charge in [0, 0.05) is 11.1 Å². The lowest BCUT2D eigenvalue weighted by atomic mass is 10.1. The number of benzene rings is 2. The summed E-state index contributed by atoms with van der Waals surface area (Å²) in [4.78, 5) is 24.9. The topological polar surface area (TPSA) is 112 Å². The molecule has 2 heterocycles. The fourth-order valence-corrected chi connectivity index (χ4v) is 2.90. The molecule has 140 valence electrons. The number of hydrogen-bond donors (Lipinski definition) is 1. The van der Waals surface area contributed by atoms with Crippen LogP contribution in [-0.4, -0.2) is 33.2 Å². The summed E-state index contributed by atoms with van der Waals surface area (Å²) in [6, 6.07) is 11.9. The van der Waals surface area contributed by atoms with Gasteiger partial charge >= 0.3 is 5.63 Å². The zero-order chi connectivity index (χ0) is 19.7. The maximum atomic E-state index is 12.6. The fourth-order valence-electron chi connectivity index (χ4n) is 2.90. The van der Waals surface area contributed by atoms with E-state index in [2.05, 4.69) is 20.8 Å². The van der Waals surface area contributed by atoms with Gasteiger partial charge in [-0.25, -0.2) is 9.48 Å². The lowest BCUT2D eigenvalue weighted by Gasteiger charge is -2.09. The molecule has 2 aromatic heterocycles. The van der Waals surface area contributed by atoms with Crippen molar-refractivity contribution in [3.8, 4) is 11.4 Å². The third kappa shape index (κ3) is 3.09. The van der Waals surface area contributed by atoms with E-state index >= 15 is 0 Å². The maximum absolute atomic E-state index is 12.6. The molecule has 1 amide bonds. The van der Waals surface area contributed by atoms with Crippen molar-refractivity contribution in [2.75, 3.05) is 12.4 Å². The van der Waals surface area contributed by atoms with Crippen LogP contribution in [0.4, 0.5) is 5.69 Å². The van der Waals surface area contributed by atoms with E-state index in [0.29, 0.717) is 22.4 Å². The van der Waals surface area contributed by atoms with Gasteiger partial charge in [0.05, 0.1) is 12.8 Å². The van der Waals surface area contributed by atoms with Crippen LogP contribution in [0, 0.1) is 6.92 Å². The van der Waals surface area contributed by atoms with Crippen LogP contribution in [0.3, 0.4) is 0 Å². The first-order valence-corrected chi connectivity index (χ1v) is 8.33. The highest BCUT2D eigenvalue weighted by atomic mass is 16.5. The highest BCUT2D eigenvalue weighted by Gasteiger charge is 2.16. The number of carbonyl (C=O) groups excluding carboxylic acids is 1. The molecule has 0 aliphatic rings. The van der Waals surface area contributed by atoms with Crippen molar-refractivity contribution in [3.63, 3.8) is 0 Å². The highest BCUT2D eigenvalue weighted by Crippen LogP contribution is 2.25. The predicted molar refractivity (Wildman–Crippen MR) is 101 cm³/mol. The number of hydrogen-bond acceptors (Lipinski definition) is 7. The number of fused-ring (bicyclic) bond motifs is 1. The van der Waals surface area contributed by atoms with E-state index in [4.69, 9.17) is 9.15 Å². The summed E-state index contributed by atoms with van der Waals surface area (Å²) < 4.78 is 12.0. The molecule has 0 unspecified atom stereocenters. The van der Waals surface area contributed by atoms with E-state index in [1.807, 2.05) is 6.92 Å². The van der Waals surface area contributed by atoms with Crippen molar-refractivity contribution in [2.45, 2.75) is 6.92 Å². The van der Waals surface area contributed by atoms with Crippen molar-refractivity contribution >= 4 is 22.6 Å². The van der Waals surface area contributed by atoms with E-state index in [9.17, 15) is 9.59 Å². The Bertz CT molecular complexity index is 1230. The zero-order valence-electron chi connectivity index (χ0n) is 15.0. The van der Waals surface area contributed by atoms with Gasteiger partial charge in [0.2, 0.25) is 0 Å². The summed E-state index contributed by atoms with van der Waals surface area (Å²) in [7, 11) is 1.48. The van der Waals surface area contributed by atoms with Crippen molar-refractivity contribution in [3.05, 3.63) is 70.3 Å². The number of ether oxygens (including phenoxy) is 1. The van der Waals surface area contributed by atoms with Crippen LogP contribution in [0.5, 0.6) is 5.75 Å². The number of nitrogens with zero attached hydrogens (tertiary/aromatic N) is 4. The Labute approximate surface area is 158 Å². The molecule has 0 atom stereocenters. The number of anilines is 1. The minimum atomic E-state index is -0.739. The minimum Gasteiger partial charge on any atom is -0.493 e. The van der Waals surface area contributed by atoms with E-state index in [-0.39, 0.29) is 5.56 Å². The second-order valence-electron chi connectivity index (χ2n) is 6.04.